The number of aliphatic carboxylic acids is 1. The van der Waals surface area contributed by atoms with Crippen LogP contribution in [0.1, 0.15) is 54.4 Å². The van der Waals surface area contributed by atoms with Gasteiger partial charge in [-0.3, -0.25) is 4.79 Å². The number of aromatic nitrogens is 2. The minimum Gasteiger partial charge on any atom is -0.550 e. The first kappa shape index (κ1) is 29.4. The number of carboxylic acid groups (broad SMARTS) is 1. The SMILES string of the molecule is CC(C)c1c(C(=O)Nc2ccccc2)nn(-c2ccc(F)cc2)c1C=C[C@H](O)C[C@@H](O)CC(=O)[O-].[Na+]. The van der Waals surface area contributed by atoms with Crippen molar-refractivity contribution in [2.24, 2.45) is 0 Å². The summed E-state index contributed by atoms with van der Waals surface area (Å²) in [6.07, 6.45) is -0.310. The second-order valence-corrected chi connectivity index (χ2v) is 8.40. The van der Waals surface area contributed by atoms with Gasteiger partial charge in [0.15, 0.2) is 5.69 Å². The van der Waals surface area contributed by atoms with Crippen molar-refractivity contribution in [2.45, 2.75) is 44.8 Å². The zero-order chi connectivity index (χ0) is 25.5. The maximum absolute atomic E-state index is 13.5. The Balaban J connectivity index is 0.00000456. The van der Waals surface area contributed by atoms with Gasteiger partial charge in [0.2, 0.25) is 0 Å². The fourth-order valence-electron chi connectivity index (χ4n) is 3.67. The third kappa shape index (κ3) is 7.84. The Hall–Kier alpha value is -2.82. The Kier molecular flexibility index (Phi) is 11.0. The Bertz CT molecular complexity index is 1200. The Morgan fingerprint density at radius 3 is 2.33 bits per heavy atom. The molecule has 0 saturated carbocycles. The van der Waals surface area contributed by atoms with Crippen LogP contribution in [0.5, 0.6) is 0 Å². The molecule has 1 aromatic heterocycles. The van der Waals surface area contributed by atoms with E-state index >= 15 is 0 Å². The fraction of sp³-hybridized carbons (Fsp3) is 0.269. The average Bonchev–Trinajstić information content (AvgIpc) is 3.18. The second-order valence-electron chi connectivity index (χ2n) is 8.40. The molecule has 0 aliphatic heterocycles. The molecule has 3 aromatic rings. The first-order valence-corrected chi connectivity index (χ1v) is 11.1. The first-order valence-electron chi connectivity index (χ1n) is 11.1. The maximum atomic E-state index is 13.5. The summed E-state index contributed by atoms with van der Waals surface area (Å²) in [5.41, 5.74) is 2.34. The number of para-hydroxylation sites is 1. The van der Waals surface area contributed by atoms with Crippen molar-refractivity contribution in [3.63, 3.8) is 0 Å². The molecule has 0 aliphatic carbocycles. The van der Waals surface area contributed by atoms with Crippen molar-refractivity contribution in [3.05, 3.63) is 83.4 Å². The summed E-state index contributed by atoms with van der Waals surface area (Å²) in [6.45, 7) is 3.78. The van der Waals surface area contributed by atoms with Crippen molar-refractivity contribution in [3.8, 4) is 5.69 Å². The zero-order valence-corrected chi connectivity index (χ0v) is 22.4. The largest absolute Gasteiger partial charge is 1.00 e. The van der Waals surface area contributed by atoms with E-state index in [1.807, 2.05) is 19.9 Å². The number of anilines is 1. The number of benzene rings is 2. The smallest absolute Gasteiger partial charge is 0.550 e. The minimum atomic E-state index is -1.42. The summed E-state index contributed by atoms with van der Waals surface area (Å²) in [7, 11) is 0. The van der Waals surface area contributed by atoms with Gasteiger partial charge in [0, 0.05) is 30.1 Å². The Morgan fingerprint density at radius 2 is 1.75 bits per heavy atom. The monoisotopic (exact) mass is 503 g/mol. The molecule has 0 fully saturated rings. The number of aliphatic hydroxyl groups excluding tert-OH is 2. The molecular formula is C26H27FN3NaO5. The summed E-state index contributed by atoms with van der Waals surface area (Å²) < 4.78 is 15.0. The van der Waals surface area contributed by atoms with E-state index in [0.29, 0.717) is 22.6 Å². The number of rotatable bonds is 10. The van der Waals surface area contributed by atoms with Gasteiger partial charge in [0.1, 0.15) is 5.82 Å². The number of nitrogens with zero attached hydrogens (tertiary/aromatic N) is 2. The van der Waals surface area contributed by atoms with Gasteiger partial charge in [0.05, 0.1) is 23.6 Å². The van der Waals surface area contributed by atoms with E-state index in [2.05, 4.69) is 10.4 Å². The van der Waals surface area contributed by atoms with Crippen molar-refractivity contribution in [1.82, 2.24) is 9.78 Å². The number of hydrogen-bond donors (Lipinski definition) is 3. The van der Waals surface area contributed by atoms with Crippen LogP contribution in [0.4, 0.5) is 10.1 Å². The molecule has 0 spiro atoms. The van der Waals surface area contributed by atoms with Crippen LogP contribution in [0.2, 0.25) is 0 Å². The van der Waals surface area contributed by atoms with E-state index in [1.54, 1.807) is 30.3 Å². The Labute approximate surface area is 230 Å². The predicted molar refractivity (Wildman–Crippen MR) is 127 cm³/mol. The van der Waals surface area contributed by atoms with Gasteiger partial charge in [-0.25, -0.2) is 9.07 Å². The molecule has 0 aliphatic rings. The van der Waals surface area contributed by atoms with Crippen LogP contribution in [0.3, 0.4) is 0 Å². The number of nitrogens with one attached hydrogen (secondary N) is 1. The van der Waals surface area contributed by atoms with E-state index in [9.17, 15) is 29.3 Å². The molecule has 8 nitrogen and oxygen atoms in total. The van der Waals surface area contributed by atoms with E-state index in [-0.39, 0.29) is 47.6 Å². The molecule has 1 amide bonds. The predicted octanol–water partition coefficient (Wildman–Crippen LogP) is -0.344. The molecule has 0 saturated heterocycles. The third-order valence-electron chi connectivity index (χ3n) is 5.25. The maximum Gasteiger partial charge on any atom is 1.00 e. The van der Waals surface area contributed by atoms with Crippen molar-refractivity contribution in [1.29, 1.82) is 0 Å². The molecule has 36 heavy (non-hydrogen) atoms. The molecule has 2 aromatic carbocycles. The van der Waals surface area contributed by atoms with Crippen molar-refractivity contribution >= 4 is 23.6 Å². The van der Waals surface area contributed by atoms with Gasteiger partial charge < -0.3 is 25.4 Å². The molecule has 10 heteroatoms. The van der Waals surface area contributed by atoms with E-state index in [1.165, 1.54) is 35.0 Å². The topological polar surface area (TPSA) is 128 Å². The van der Waals surface area contributed by atoms with Gasteiger partial charge in [-0.2, -0.15) is 5.10 Å². The van der Waals surface area contributed by atoms with Crippen LogP contribution in [0.15, 0.2) is 60.7 Å². The number of aliphatic hydroxyl groups is 2. The molecule has 3 rings (SSSR count). The Morgan fingerprint density at radius 1 is 1.11 bits per heavy atom. The molecule has 3 N–H and O–H groups in total. The van der Waals surface area contributed by atoms with Crippen LogP contribution in [0, 0.1) is 5.82 Å². The standard InChI is InChI=1S/C26H28FN3O5.Na/c1-16(2)24-22(13-12-20(31)14-21(32)15-23(33)34)30(19-10-8-17(27)9-11-19)29-25(24)26(35)28-18-6-4-3-5-7-18;/h3-13,16,20-21,31-32H,14-15H2,1-2H3,(H,28,35)(H,33,34);/q;+1/p-1/t20-,21+;/m0./s1. The van der Waals surface area contributed by atoms with Crippen molar-refractivity contribution in [2.75, 3.05) is 5.32 Å². The van der Waals surface area contributed by atoms with E-state index < -0.39 is 36.3 Å². The van der Waals surface area contributed by atoms with Crippen LogP contribution >= 0.6 is 0 Å². The number of halogens is 1. The number of hydrogen-bond acceptors (Lipinski definition) is 6. The normalized spacial score (nSPS) is 12.8. The number of carboxylic acids is 1. The van der Waals surface area contributed by atoms with Crippen molar-refractivity contribution < 1.29 is 58.9 Å². The van der Waals surface area contributed by atoms with E-state index in [0.717, 1.165) is 0 Å². The molecule has 0 radical (unpaired) electrons. The molecule has 184 valence electrons. The molecular weight excluding hydrogens is 476 g/mol. The average molecular weight is 504 g/mol. The van der Waals surface area contributed by atoms with Crippen LogP contribution in [-0.2, 0) is 4.79 Å². The summed E-state index contributed by atoms with van der Waals surface area (Å²) in [4.78, 5) is 23.8. The summed E-state index contributed by atoms with van der Waals surface area (Å²) in [5, 5.41) is 38.1. The number of amides is 1. The van der Waals surface area contributed by atoms with Gasteiger partial charge in [-0.1, -0.05) is 38.1 Å². The molecule has 0 unspecified atom stereocenters. The van der Waals surface area contributed by atoms with Gasteiger partial charge in [-0.15, -0.1) is 0 Å². The molecule has 0 bridgehead atoms. The summed E-state index contributed by atoms with van der Waals surface area (Å²) in [6, 6.07) is 14.5. The quantitative estimate of drug-likeness (QED) is 0.325. The van der Waals surface area contributed by atoms with Gasteiger partial charge >= 0.3 is 29.6 Å². The molecule has 1 heterocycles. The first-order chi connectivity index (χ1) is 16.7. The minimum absolute atomic E-state index is 0. The van der Waals surface area contributed by atoms with Crippen LogP contribution in [-0.4, -0.2) is 44.1 Å². The van der Waals surface area contributed by atoms with Crippen LogP contribution < -0.4 is 40.0 Å². The van der Waals surface area contributed by atoms with Gasteiger partial charge in [0.25, 0.3) is 5.91 Å². The summed E-state index contributed by atoms with van der Waals surface area (Å²) in [5.74, 6) is -2.43. The van der Waals surface area contributed by atoms with E-state index in [4.69, 9.17) is 0 Å². The fourth-order valence-corrected chi connectivity index (χ4v) is 3.67. The second kappa shape index (κ2) is 13.5. The third-order valence-corrected chi connectivity index (χ3v) is 5.25. The zero-order valence-electron chi connectivity index (χ0n) is 20.4. The number of carbonyl (C=O) groups excluding carboxylic acids is 2. The summed E-state index contributed by atoms with van der Waals surface area (Å²) >= 11 is 0. The number of carbonyl (C=O) groups is 2. The molecule has 2 atom stereocenters. The van der Waals surface area contributed by atoms with Crippen LogP contribution in [0.25, 0.3) is 11.8 Å². The van der Waals surface area contributed by atoms with Gasteiger partial charge in [-0.05, 0) is 48.4 Å².